The summed E-state index contributed by atoms with van der Waals surface area (Å²) in [5.74, 6) is 0.696. The standard InChI is InChI=1S/C25H31F3N6O3/c1-4-34-16(2)17-13-19(22(36-3)30-14-17)20-15-33-11-10-29-21(33)23(32-20)37-12-6-5-7-18(31-24(34)35)8-9-25(26,27)28/h10-11,13-16,18H,4-9,12H2,1-3H3,(H,31,35)/t16-,18-/m1/s1. The molecule has 1 aliphatic heterocycles. The Hall–Kier alpha value is -3.57. The minimum Gasteiger partial charge on any atom is -0.481 e. The second-order valence-electron chi connectivity index (χ2n) is 9.02. The Morgan fingerprint density at radius 3 is 2.81 bits per heavy atom. The van der Waals surface area contributed by atoms with E-state index < -0.39 is 30.7 Å². The Balaban J connectivity index is 1.74. The van der Waals surface area contributed by atoms with Crippen molar-refractivity contribution >= 4 is 11.7 Å². The third-order valence-corrected chi connectivity index (χ3v) is 6.53. The minimum absolute atomic E-state index is 0.186. The molecule has 9 nitrogen and oxygen atoms in total. The van der Waals surface area contributed by atoms with Gasteiger partial charge in [-0.2, -0.15) is 13.2 Å². The molecule has 0 radical (unpaired) electrons. The average Bonchev–Trinajstić information content (AvgIpc) is 3.34. The van der Waals surface area contributed by atoms with Gasteiger partial charge >= 0.3 is 12.2 Å². The molecule has 2 amide bonds. The van der Waals surface area contributed by atoms with Crippen LogP contribution < -0.4 is 14.8 Å². The highest BCUT2D eigenvalue weighted by Gasteiger charge is 2.30. The quantitative estimate of drug-likeness (QED) is 0.510. The van der Waals surface area contributed by atoms with Crippen molar-refractivity contribution in [1.82, 2.24) is 29.6 Å². The molecule has 12 heteroatoms. The van der Waals surface area contributed by atoms with Crippen LogP contribution in [0.25, 0.3) is 16.9 Å². The molecule has 4 heterocycles. The number of fused-ring (bicyclic) bond motifs is 7. The summed E-state index contributed by atoms with van der Waals surface area (Å²) >= 11 is 0. The maximum atomic E-state index is 13.2. The predicted molar refractivity (Wildman–Crippen MR) is 131 cm³/mol. The van der Waals surface area contributed by atoms with E-state index in [2.05, 4.69) is 15.3 Å². The number of carbonyl (C=O) groups excluding carboxylic acids is 1. The lowest BCUT2D eigenvalue weighted by Gasteiger charge is -2.31. The van der Waals surface area contributed by atoms with Crippen LogP contribution in [-0.4, -0.2) is 62.8 Å². The van der Waals surface area contributed by atoms with Crippen LogP contribution >= 0.6 is 0 Å². The van der Waals surface area contributed by atoms with Gasteiger partial charge < -0.3 is 24.1 Å². The van der Waals surface area contributed by atoms with Gasteiger partial charge in [0.25, 0.3) is 5.88 Å². The van der Waals surface area contributed by atoms with E-state index in [0.717, 1.165) is 5.56 Å². The predicted octanol–water partition coefficient (Wildman–Crippen LogP) is 5.17. The van der Waals surface area contributed by atoms with Gasteiger partial charge in [0.2, 0.25) is 11.5 Å². The molecule has 2 atom stereocenters. The monoisotopic (exact) mass is 520 g/mol. The molecule has 0 aromatic carbocycles. The Kier molecular flexibility index (Phi) is 8.03. The molecule has 1 aliphatic rings. The normalized spacial score (nSPS) is 19.4. The molecule has 0 aliphatic carbocycles. The fourth-order valence-corrected chi connectivity index (χ4v) is 4.49. The number of methoxy groups -OCH3 is 1. The lowest BCUT2D eigenvalue weighted by atomic mass is 10.0. The van der Waals surface area contributed by atoms with Crippen molar-refractivity contribution in [3.63, 3.8) is 0 Å². The highest BCUT2D eigenvalue weighted by molar-refractivity contribution is 5.75. The Morgan fingerprint density at radius 2 is 2.08 bits per heavy atom. The molecule has 37 heavy (non-hydrogen) atoms. The molecule has 4 bridgehead atoms. The van der Waals surface area contributed by atoms with Crippen molar-refractivity contribution in [2.45, 2.75) is 64.2 Å². The van der Waals surface area contributed by atoms with Crippen molar-refractivity contribution < 1.29 is 27.4 Å². The van der Waals surface area contributed by atoms with Crippen LogP contribution in [0.5, 0.6) is 11.8 Å². The number of aromatic nitrogens is 4. The number of amides is 2. The number of carbonyl (C=O) groups is 1. The van der Waals surface area contributed by atoms with Crippen molar-refractivity contribution in [2.24, 2.45) is 0 Å². The van der Waals surface area contributed by atoms with Crippen molar-refractivity contribution in [3.05, 3.63) is 36.4 Å². The summed E-state index contributed by atoms with van der Waals surface area (Å²) in [6.45, 7) is 4.34. The van der Waals surface area contributed by atoms with Gasteiger partial charge in [0.05, 0.1) is 31.0 Å². The summed E-state index contributed by atoms with van der Waals surface area (Å²) in [6.07, 6.45) is 2.97. The molecular formula is C25H31F3N6O3. The van der Waals surface area contributed by atoms with E-state index in [9.17, 15) is 18.0 Å². The van der Waals surface area contributed by atoms with Crippen LogP contribution in [0.3, 0.4) is 0 Å². The molecule has 0 saturated heterocycles. The minimum atomic E-state index is -4.29. The van der Waals surface area contributed by atoms with Gasteiger partial charge in [-0.3, -0.25) is 0 Å². The number of hydrogen-bond donors (Lipinski definition) is 1. The van der Waals surface area contributed by atoms with Crippen LogP contribution in [0.2, 0.25) is 0 Å². The first kappa shape index (κ1) is 26.5. The topological polar surface area (TPSA) is 93.9 Å². The average molecular weight is 521 g/mol. The van der Waals surface area contributed by atoms with E-state index in [1.165, 1.54) is 7.11 Å². The van der Waals surface area contributed by atoms with Crippen molar-refractivity contribution in [3.8, 4) is 23.0 Å². The first-order valence-corrected chi connectivity index (χ1v) is 12.3. The maximum Gasteiger partial charge on any atom is 0.389 e. The molecule has 200 valence electrons. The first-order chi connectivity index (χ1) is 17.7. The van der Waals surface area contributed by atoms with Crippen LogP contribution in [0.15, 0.2) is 30.9 Å². The number of rotatable bonds is 4. The zero-order valence-corrected chi connectivity index (χ0v) is 21.1. The zero-order valence-electron chi connectivity index (χ0n) is 21.1. The second kappa shape index (κ2) is 11.2. The number of hydrogen-bond acceptors (Lipinski definition) is 6. The number of nitrogens with one attached hydrogen (secondary N) is 1. The van der Waals surface area contributed by atoms with Gasteiger partial charge in [0.15, 0.2) is 0 Å². The fourth-order valence-electron chi connectivity index (χ4n) is 4.49. The highest BCUT2D eigenvalue weighted by atomic mass is 19.4. The number of alkyl halides is 3. The molecule has 4 rings (SSSR count). The zero-order chi connectivity index (χ0) is 26.6. The summed E-state index contributed by atoms with van der Waals surface area (Å²) in [5, 5.41) is 2.84. The van der Waals surface area contributed by atoms with Crippen LogP contribution in [-0.2, 0) is 0 Å². The van der Waals surface area contributed by atoms with Gasteiger partial charge in [-0.15, -0.1) is 0 Å². The number of pyridine rings is 1. The lowest BCUT2D eigenvalue weighted by molar-refractivity contribution is -0.136. The molecule has 3 aromatic rings. The summed E-state index contributed by atoms with van der Waals surface area (Å²) in [7, 11) is 1.51. The number of halogens is 3. The summed E-state index contributed by atoms with van der Waals surface area (Å²) < 4.78 is 52.1. The lowest BCUT2D eigenvalue weighted by Crippen LogP contribution is -2.46. The van der Waals surface area contributed by atoms with Gasteiger partial charge in [0.1, 0.15) is 0 Å². The number of imidazole rings is 1. The van der Waals surface area contributed by atoms with E-state index in [-0.39, 0.29) is 6.42 Å². The van der Waals surface area contributed by atoms with Gasteiger partial charge in [-0.25, -0.2) is 19.7 Å². The van der Waals surface area contributed by atoms with Crippen molar-refractivity contribution in [1.29, 1.82) is 0 Å². The largest absolute Gasteiger partial charge is 0.481 e. The highest BCUT2D eigenvalue weighted by Crippen LogP contribution is 2.33. The third kappa shape index (κ3) is 6.23. The molecule has 0 unspecified atom stereocenters. The number of urea groups is 1. The van der Waals surface area contributed by atoms with E-state index in [0.29, 0.717) is 61.1 Å². The fraction of sp³-hybridized carbons (Fsp3) is 0.520. The third-order valence-electron chi connectivity index (χ3n) is 6.53. The summed E-state index contributed by atoms with van der Waals surface area (Å²) in [6, 6.07) is 0.413. The second-order valence-corrected chi connectivity index (χ2v) is 9.02. The molecule has 0 fully saturated rings. The van der Waals surface area contributed by atoms with E-state index >= 15 is 0 Å². The Labute approximate surface area is 213 Å². The molecule has 1 N–H and O–H groups in total. The van der Waals surface area contributed by atoms with Gasteiger partial charge in [-0.05, 0) is 51.2 Å². The van der Waals surface area contributed by atoms with E-state index in [1.807, 2.05) is 26.1 Å². The van der Waals surface area contributed by atoms with E-state index in [4.69, 9.17) is 14.5 Å². The summed E-state index contributed by atoms with van der Waals surface area (Å²) in [4.78, 5) is 28.3. The smallest absolute Gasteiger partial charge is 0.389 e. The number of nitrogens with zero attached hydrogens (tertiary/aromatic N) is 5. The molecule has 0 spiro atoms. The Bertz CT molecular complexity index is 1230. The molecule has 3 aromatic heterocycles. The van der Waals surface area contributed by atoms with Crippen LogP contribution in [0, 0.1) is 0 Å². The van der Waals surface area contributed by atoms with Gasteiger partial charge in [-0.1, -0.05) is 0 Å². The SMILES string of the molecule is CCN1C(=O)N[C@@H](CCC(F)(F)F)CCCCOc2nc(cn3ccnc23)-c2cc(cnc2OC)[C@H]1C. The molecule has 0 saturated carbocycles. The molecular weight excluding hydrogens is 489 g/mol. The first-order valence-electron chi connectivity index (χ1n) is 12.3. The number of ether oxygens (including phenoxy) is 2. The maximum absolute atomic E-state index is 13.2. The van der Waals surface area contributed by atoms with Gasteiger partial charge in [0, 0.05) is 43.8 Å². The Morgan fingerprint density at radius 1 is 1.27 bits per heavy atom. The van der Waals surface area contributed by atoms with Crippen molar-refractivity contribution in [2.75, 3.05) is 20.3 Å². The van der Waals surface area contributed by atoms with E-state index in [1.54, 1.807) is 27.9 Å². The summed E-state index contributed by atoms with van der Waals surface area (Å²) in [5.41, 5.74) is 2.44. The van der Waals surface area contributed by atoms with Crippen LogP contribution in [0.1, 0.15) is 57.6 Å². The van der Waals surface area contributed by atoms with Crippen LogP contribution in [0.4, 0.5) is 18.0 Å².